The van der Waals surface area contributed by atoms with Crippen molar-refractivity contribution >= 4 is 0 Å². The van der Waals surface area contributed by atoms with Crippen LogP contribution in [-0.2, 0) is 0 Å². The van der Waals surface area contributed by atoms with Crippen LogP contribution in [0, 0.1) is 28.1 Å². The number of fused-ring (bicyclic) bond motifs is 3. The van der Waals surface area contributed by atoms with Crippen molar-refractivity contribution in [3.05, 3.63) is 11.6 Å². The number of aliphatic hydroxyl groups excluding tert-OH is 3. The maximum atomic E-state index is 10.5. The van der Waals surface area contributed by atoms with Gasteiger partial charge in [-0.3, -0.25) is 0 Å². The van der Waals surface area contributed by atoms with E-state index >= 15 is 0 Å². The van der Waals surface area contributed by atoms with Gasteiger partial charge >= 0.3 is 0 Å². The van der Waals surface area contributed by atoms with E-state index in [1.807, 2.05) is 0 Å². The average Bonchev–Trinajstić information content (AvgIpc) is 2.50. The summed E-state index contributed by atoms with van der Waals surface area (Å²) in [5.74, 6) is 1.14. The molecule has 132 valence electrons. The maximum Gasteiger partial charge on any atom is 0.0858 e. The average molecular weight is 322 g/mol. The molecule has 0 aromatic carbocycles. The van der Waals surface area contributed by atoms with Gasteiger partial charge in [0.05, 0.1) is 18.8 Å². The van der Waals surface area contributed by atoms with Gasteiger partial charge in [-0.2, -0.15) is 0 Å². The lowest BCUT2D eigenvalue weighted by molar-refractivity contribution is -0.129. The molecule has 3 aliphatic carbocycles. The highest BCUT2D eigenvalue weighted by atomic mass is 16.3. The lowest BCUT2D eigenvalue weighted by atomic mass is 9.45. The monoisotopic (exact) mass is 322 g/mol. The number of hydrogen-bond acceptors (Lipinski definition) is 3. The zero-order valence-corrected chi connectivity index (χ0v) is 15.2. The Morgan fingerprint density at radius 3 is 2.48 bits per heavy atom. The van der Waals surface area contributed by atoms with Gasteiger partial charge in [-0.25, -0.2) is 0 Å². The Morgan fingerprint density at radius 2 is 1.83 bits per heavy atom. The molecule has 0 unspecified atom stereocenters. The summed E-state index contributed by atoms with van der Waals surface area (Å²) >= 11 is 0. The van der Waals surface area contributed by atoms with E-state index in [0.717, 1.165) is 38.5 Å². The van der Waals surface area contributed by atoms with E-state index in [-0.39, 0.29) is 29.0 Å². The first kappa shape index (κ1) is 17.4. The normalized spacial score (nSPS) is 47.3. The van der Waals surface area contributed by atoms with Crippen LogP contribution in [0.15, 0.2) is 11.6 Å². The summed E-state index contributed by atoms with van der Waals surface area (Å²) in [6.07, 6.45) is 7.70. The molecule has 3 nitrogen and oxygen atoms in total. The molecular formula is C20H34O3. The van der Waals surface area contributed by atoms with Crippen LogP contribution in [0.2, 0.25) is 0 Å². The summed E-state index contributed by atoms with van der Waals surface area (Å²) in [6, 6.07) is 0. The SMILES string of the molecule is CC1(C)[C@H](O)CC[C@@]2(C)[C@@H]3CC[C@](C)([C@@H](O)CO)C=C3CC[C@H]12. The molecule has 0 heterocycles. The van der Waals surface area contributed by atoms with Gasteiger partial charge in [-0.05, 0) is 61.2 Å². The van der Waals surface area contributed by atoms with E-state index in [1.54, 1.807) is 0 Å². The third-order valence-corrected chi connectivity index (χ3v) is 7.90. The molecule has 6 atom stereocenters. The molecule has 3 rings (SSSR count). The van der Waals surface area contributed by atoms with Gasteiger partial charge in [0.25, 0.3) is 0 Å². The fraction of sp³-hybridized carbons (Fsp3) is 0.900. The first-order chi connectivity index (χ1) is 10.6. The van der Waals surface area contributed by atoms with Crippen molar-refractivity contribution in [2.45, 2.75) is 78.4 Å². The topological polar surface area (TPSA) is 60.7 Å². The molecule has 3 aliphatic rings. The van der Waals surface area contributed by atoms with E-state index in [4.69, 9.17) is 0 Å². The molecule has 0 aromatic heterocycles. The second-order valence-corrected chi connectivity index (χ2v) is 9.49. The smallest absolute Gasteiger partial charge is 0.0858 e. The standard InChI is InChI=1S/C20H34O3/c1-18(2)15-6-5-13-11-19(3,17(23)12-21)9-7-14(13)20(15,4)10-8-16(18)22/h11,14-17,21-23H,5-10,12H2,1-4H3/t14-,15-,16-,17+,19+,20+/m1/s1. The molecule has 0 aromatic rings. The van der Waals surface area contributed by atoms with Crippen LogP contribution in [0.4, 0.5) is 0 Å². The zero-order valence-electron chi connectivity index (χ0n) is 15.2. The second kappa shape index (κ2) is 5.57. The van der Waals surface area contributed by atoms with Crippen molar-refractivity contribution in [1.82, 2.24) is 0 Å². The Labute approximate surface area is 140 Å². The predicted molar refractivity (Wildman–Crippen MR) is 91.9 cm³/mol. The zero-order chi connectivity index (χ0) is 17.0. The Balaban J connectivity index is 1.93. The van der Waals surface area contributed by atoms with E-state index in [0.29, 0.717) is 11.8 Å². The van der Waals surface area contributed by atoms with Gasteiger partial charge in [0.1, 0.15) is 0 Å². The van der Waals surface area contributed by atoms with Crippen LogP contribution in [-0.4, -0.2) is 34.1 Å². The summed E-state index contributed by atoms with van der Waals surface area (Å²) in [4.78, 5) is 0. The minimum atomic E-state index is -0.661. The van der Waals surface area contributed by atoms with E-state index in [9.17, 15) is 15.3 Å². The van der Waals surface area contributed by atoms with Gasteiger partial charge < -0.3 is 15.3 Å². The number of allylic oxidation sites excluding steroid dienone is 1. The lowest BCUT2D eigenvalue weighted by Crippen LogP contribution is -2.55. The van der Waals surface area contributed by atoms with Crippen LogP contribution < -0.4 is 0 Å². The molecular weight excluding hydrogens is 288 g/mol. The minimum absolute atomic E-state index is 0.0100. The molecule has 0 amide bonds. The summed E-state index contributed by atoms with van der Waals surface area (Å²) in [6.45, 7) is 8.85. The predicted octanol–water partition coefficient (Wildman–Crippen LogP) is 3.28. The summed E-state index contributed by atoms with van der Waals surface area (Å²) in [5, 5.41) is 30.1. The fourth-order valence-corrected chi connectivity index (χ4v) is 6.21. The molecule has 2 saturated carbocycles. The molecule has 2 fully saturated rings. The Morgan fingerprint density at radius 1 is 1.13 bits per heavy atom. The Kier molecular flexibility index (Phi) is 4.23. The quantitative estimate of drug-likeness (QED) is 0.684. The molecule has 0 saturated heterocycles. The van der Waals surface area contributed by atoms with Crippen LogP contribution in [0.25, 0.3) is 0 Å². The highest BCUT2D eigenvalue weighted by Crippen LogP contribution is 2.63. The van der Waals surface area contributed by atoms with Crippen molar-refractivity contribution in [2.24, 2.45) is 28.1 Å². The van der Waals surface area contributed by atoms with Crippen molar-refractivity contribution in [2.75, 3.05) is 6.61 Å². The Bertz CT molecular complexity index is 497. The lowest BCUT2D eigenvalue weighted by Gasteiger charge is -2.61. The van der Waals surface area contributed by atoms with Gasteiger partial charge in [-0.1, -0.05) is 39.3 Å². The number of rotatable bonds is 2. The van der Waals surface area contributed by atoms with E-state index in [1.165, 1.54) is 5.57 Å². The van der Waals surface area contributed by atoms with Crippen molar-refractivity contribution in [3.63, 3.8) is 0 Å². The largest absolute Gasteiger partial charge is 0.394 e. The van der Waals surface area contributed by atoms with Crippen molar-refractivity contribution < 1.29 is 15.3 Å². The highest BCUT2D eigenvalue weighted by molar-refractivity contribution is 5.25. The van der Waals surface area contributed by atoms with Gasteiger partial charge in [0, 0.05) is 5.41 Å². The summed E-state index contributed by atoms with van der Waals surface area (Å²) in [7, 11) is 0. The minimum Gasteiger partial charge on any atom is -0.394 e. The number of aliphatic hydroxyl groups is 3. The van der Waals surface area contributed by atoms with Crippen LogP contribution in [0.1, 0.15) is 66.2 Å². The third kappa shape index (κ3) is 2.51. The van der Waals surface area contributed by atoms with Gasteiger partial charge in [-0.15, -0.1) is 0 Å². The highest BCUT2D eigenvalue weighted by Gasteiger charge is 2.57. The van der Waals surface area contributed by atoms with Crippen molar-refractivity contribution in [3.8, 4) is 0 Å². The molecule has 3 N–H and O–H groups in total. The van der Waals surface area contributed by atoms with Crippen molar-refractivity contribution in [1.29, 1.82) is 0 Å². The molecule has 0 aliphatic heterocycles. The number of hydrogen-bond donors (Lipinski definition) is 3. The van der Waals surface area contributed by atoms with E-state index < -0.39 is 6.10 Å². The van der Waals surface area contributed by atoms with E-state index in [2.05, 4.69) is 33.8 Å². The molecule has 23 heavy (non-hydrogen) atoms. The van der Waals surface area contributed by atoms with Crippen LogP contribution in [0.3, 0.4) is 0 Å². The van der Waals surface area contributed by atoms with Crippen LogP contribution >= 0.6 is 0 Å². The molecule has 0 spiro atoms. The maximum absolute atomic E-state index is 10.5. The fourth-order valence-electron chi connectivity index (χ4n) is 6.21. The molecule has 0 radical (unpaired) electrons. The Hall–Kier alpha value is -0.380. The summed E-state index contributed by atoms with van der Waals surface area (Å²) < 4.78 is 0. The molecule has 3 heteroatoms. The third-order valence-electron chi connectivity index (χ3n) is 7.90. The first-order valence-electron chi connectivity index (χ1n) is 9.34. The first-order valence-corrected chi connectivity index (χ1v) is 9.34. The van der Waals surface area contributed by atoms with Gasteiger partial charge in [0.15, 0.2) is 0 Å². The van der Waals surface area contributed by atoms with Crippen LogP contribution in [0.5, 0.6) is 0 Å². The summed E-state index contributed by atoms with van der Waals surface area (Å²) in [5.41, 5.74) is 1.47. The molecule has 0 bridgehead atoms. The second-order valence-electron chi connectivity index (χ2n) is 9.49. The van der Waals surface area contributed by atoms with Gasteiger partial charge in [0.2, 0.25) is 0 Å².